The molecule has 0 unspecified atom stereocenters. The number of nitrogens with one attached hydrogen (secondary N) is 1. The molecule has 0 aliphatic carbocycles. The monoisotopic (exact) mass is 294 g/mol. The number of carboxylic acid groups (broad SMARTS) is 1. The number of hydrogen-bond donors (Lipinski definition) is 2. The summed E-state index contributed by atoms with van der Waals surface area (Å²) in [5.41, 5.74) is 1.59. The summed E-state index contributed by atoms with van der Waals surface area (Å²) < 4.78 is 5.17. The van der Waals surface area contributed by atoms with Gasteiger partial charge in [0.2, 0.25) is 5.95 Å². The summed E-state index contributed by atoms with van der Waals surface area (Å²) in [7, 11) is 0. The molecule has 0 radical (unpaired) electrons. The third-order valence-corrected chi connectivity index (χ3v) is 3.33. The minimum atomic E-state index is -1.05. The highest BCUT2D eigenvalue weighted by molar-refractivity contribution is 5.93. The molecule has 21 heavy (non-hydrogen) atoms. The molecule has 0 aromatic carbocycles. The summed E-state index contributed by atoms with van der Waals surface area (Å²) >= 11 is 0. The Balaban J connectivity index is 2.02. The third-order valence-electron chi connectivity index (χ3n) is 3.33. The van der Waals surface area contributed by atoms with Crippen LogP contribution in [0.3, 0.4) is 0 Å². The van der Waals surface area contributed by atoms with E-state index < -0.39 is 24.1 Å². The minimum Gasteiger partial charge on any atom is -0.479 e. The standard InChI is InChI=1S/C13H18N4O4/c1-3-7-8(4-2)16-17-13(14-7)15-11(18)9-5-6-10(21-9)12(19)20/h9-10H,3-6H2,1-2H3,(H,19,20)(H,14,15,17,18)/t9-,10+/m0/s1. The fourth-order valence-corrected chi connectivity index (χ4v) is 2.19. The van der Waals surface area contributed by atoms with Crippen LogP contribution in [0.1, 0.15) is 38.1 Å². The fraction of sp³-hybridized carbons (Fsp3) is 0.615. The highest BCUT2D eigenvalue weighted by Crippen LogP contribution is 2.20. The lowest BCUT2D eigenvalue weighted by Gasteiger charge is -2.11. The molecule has 0 bridgehead atoms. The summed E-state index contributed by atoms with van der Waals surface area (Å²) in [6.45, 7) is 3.91. The van der Waals surface area contributed by atoms with Crippen LogP contribution in [-0.4, -0.2) is 44.4 Å². The van der Waals surface area contributed by atoms with Gasteiger partial charge >= 0.3 is 5.97 Å². The number of carbonyl (C=O) groups is 2. The van der Waals surface area contributed by atoms with Gasteiger partial charge in [-0.3, -0.25) is 10.1 Å². The van der Waals surface area contributed by atoms with Gasteiger partial charge in [-0.1, -0.05) is 13.8 Å². The van der Waals surface area contributed by atoms with Gasteiger partial charge in [0.1, 0.15) is 6.10 Å². The highest BCUT2D eigenvalue weighted by Gasteiger charge is 2.35. The average Bonchev–Trinajstić information content (AvgIpc) is 2.97. The molecule has 0 saturated carbocycles. The summed E-state index contributed by atoms with van der Waals surface area (Å²) in [5, 5.41) is 19.3. The maximum Gasteiger partial charge on any atom is 0.332 e. The van der Waals surface area contributed by atoms with E-state index in [9.17, 15) is 9.59 Å². The molecule has 114 valence electrons. The first-order chi connectivity index (χ1) is 10.0. The van der Waals surface area contributed by atoms with Gasteiger partial charge < -0.3 is 9.84 Å². The number of rotatable bonds is 5. The molecule has 8 heteroatoms. The van der Waals surface area contributed by atoms with Crippen molar-refractivity contribution >= 4 is 17.8 Å². The van der Waals surface area contributed by atoms with Crippen molar-refractivity contribution in [2.75, 3.05) is 5.32 Å². The van der Waals surface area contributed by atoms with Crippen LogP contribution in [0.2, 0.25) is 0 Å². The topological polar surface area (TPSA) is 114 Å². The van der Waals surface area contributed by atoms with Gasteiger partial charge in [0.15, 0.2) is 6.10 Å². The van der Waals surface area contributed by atoms with Crippen LogP contribution in [0.25, 0.3) is 0 Å². The Bertz CT molecular complexity index is 549. The lowest BCUT2D eigenvalue weighted by molar-refractivity contribution is -0.150. The van der Waals surface area contributed by atoms with Crippen LogP contribution >= 0.6 is 0 Å². The second-order valence-corrected chi connectivity index (χ2v) is 4.75. The van der Waals surface area contributed by atoms with Crippen molar-refractivity contribution in [1.29, 1.82) is 0 Å². The molecule has 2 atom stereocenters. The molecule has 2 rings (SSSR count). The van der Waals surface area contributed by atoms with Crippen molar-refractivity contribution in [3.63, 3.8) is 0 Å². The van der Waals surface area contributed by atoms with E-state index in [-0.39, 0.29) is 5.95 Å². The largest absolute Gasteiger partial charge is 0.479 e. The molecule has 1 aromatic heterocycles. The smallest absolute Gasteiger partial charge is 0.332 e. The van der Waals surface area contributed by atoms with Gasteiger partial charge in [0.05, 0.1) is 11.4 Å². The molecule has 1 aliphatic rings. The van der Waals surface area contributed by atoms with Crippen molar-refractivity contribution < 1.29 is 19.4 Å². The van der Waals surface area contributed by atoms with Crippen LogP contribution < -0.4 is 5.32 Å². The molecule has 0 spiro atoms. The predicted molar refractivity (Wildman–Crippen MR) is 72.7 cm³/mol. The van der Waals surface area contributed by atoms with Crippen molar-refractivity contribution in [2.24, 2.45) is 0 Å². The maximum atomic E-state index is 12.0. The highest BCUT2D eigenvalue weighted by atomic mass is 16.5. The van der Waals surface area contributed by atoms with E-state index in [1.807, 2.05) is 13.8 Å². The molecular formula is C13H18N4O4. The third kappa shape index (κ3) is 3.52. The van der Waals surface area contributed by atoms with E-state index in [0.717, 1.165) is 17.8 Å². The first-order valence-electron chi connectivity index (χ1n) is 6.96. The second kappa shape index (κ2) is 6.57. The molecule has 1 saturated heterocycles. The number of aryl methyl sites for hydroxylation is 2. The second-order valence-electron chi connectivity index (χ2n) is 4.75. The summed E-state index contributed by atoms with van der Waals surface area (Å²) in [5.74, 6) is -1.37. The van der Waals surface area contributed by atoms with Crippen molar-refractivity contribution in [3.8, 4) is 0 Å². The van der Waals surface area contributed by atoms with E-state index in [0.29, 0.717) is 19.3 Å². The van der Waals surface area contributed by atoms with Gasteiger partial charge in [-0.15, -0.1) is 10.2 Å². The quantitative estimate of drug-likeness (QED) is 0.815. The Morgan fingerprint density at radius 3 is 2.43 bits per heavy atom. The maximum absolute atomic E-state index is 12.0. The Morgan fingerprint density at radius 2 is 1.86 bits per heavy atom. The lowest BCUT2D eigenvalue weighted by Crippen LogP contribution is -2.30. The fourth-order valence-electron chi connectivity index (χ4n) is 2.19. The molecule has 8 nitrogen and oxygen atoms in total. The van der Waals surface area contributed by atoms with Gasteiger partial charge in [-0.2, -0.15) is 0 Å². The molecule has 1 fully saturated rings. The lowest BCUT2D eigenvalue weighted by atomic mass is 10.2. The number of hydrogen-bond acceptors (Lipinski definition) is 6. The van der Waals surface area contributed by atoms with Crippen molar-refractivity contribution in [3.05, 3.63) is 11.4 Å². The van der Waals surface area contributed by atoms with Crippen LogP contribution in [-0.2, 0) is 27.2 Å². The number of carboxylic acids is 1. The van der Waals surface area contributed by atoms with E-state index >= 15 is 0 Å². The van der Waals surface area contributed by atoms with Crippen molar-refractivity contribution in [1.82, 2.24) is 15.2 Å². The number of ether oxygens (including phenoxy) is 1. The van der Waals surface area contributed by atoms with Crippen LogP contribution in [0.5, 0.6) is 0 Å². The predicted octanol–water partition coefficient (Wildman–Crippen LogP) is 0.567. The van der Waals surface area contributed by atoms with Gasteiger partial charge in [-0.05, 0) is 25.7 Å². The Hall–Kier alpha value is -2.09. The summed E-state index contributed by atoms with van der Waals surface area (Å²) in [6, 6.07) is 0. The summed E-state index contributed by atoms with van der Waals surface area (Å²) in [4.78, 5) is 27.0. The molecule has 1 amide bonds. The minimum absolute atomic E-state index is 0.122. The Labute approximate surface area is 121 Å². The first kappa shape index (κ1) is 15.3. The number of carbonyl (C=O) groups excluding carboxylic acids is 1. The molecule has 1 aliphatic heterocycles. The van der Waals surface area contributed by atoms with Gasteiger partial charge in [0.25, 0.3) is 5.91 Å². The zero-order valence-electron chi connectivity index (χ0n) is 12.0. The molecular weight excluding hydrogens is 276 g/mol. The Morgan fingerprint density at radius 1 is 1.19 bits per heavy atom. The van der Waals surface area contributed by atoms with Crippen LogP contribution in [0.15, 0.2) is 0 Å². The number of anilines is 1. The van der Waals surface area contributed by atoms with E-state index in [1.54, 1.807) is 0 Å². The van der Waals surface area contributed by atoms with E-state index in [1.165, 1.54) is 0 Å². The molecule has 1 aromatic rings. The number of aromatic nitrogens is 3. The normalized spacial score (nSPS) is 21.2. The van der Waals surface area contributed by atoms with Crippen LogP contribution in [0.4, 0.5) is 5.95 Å². The molecule has 2 N–H and O–H groups in total. The average molecular weight is 294 g/mol. The zero-order chi connectivity index (χ0) is 15.4. The van der Waals surface area contributed by atoms with Crippen LogP contribution in [0, 0.1) is 0 Å². The zero-order valence-corrected chi connectivity index (χ0v) is 12.0. The number of amides is 1. The Kier molecular flexibility index (Phi) is 4.79. The SMILES string of the molecule is CCc1nnc(NC(=O)[C@@H]2CC[C@H](C(=O)O)O2)nc1CC. The first-order valence-corrected chi connectivity index (χ1v) is 6.96. The molecule has 2 heterocycles. The van der Waals surface area contributed by atoms with E-state index in [4.69, 9.17) is 9.84 Å². The summed E-state index contributed by atoms with van der Waals surface area (Å²) in [6.07, 6.45) is 0.399. The van der Waals surface area contributed by atoms with Gasteiger partial charge in [-0.25, -0.2) is 9.78 Å². The van der Waals surface area contributed by atoms with Gasteiger partial charge in [0, 0.05) is 0 Å². The van der Waals surface area contributed by atoms with Crippen molar-refractivity contribution in [2.45, 2.75) is 51.7 Å². The van der Waals surface area contributed by atoms with E-state index in [2.05, 4.69) is 20.5 Å². The number of nitrogens with zero attached hydrogens (tertiary/aromatic N) is 3. The number of aliphatic carboxylic acids is 1.